The summed E-state index contributed by atoms with van der Waals surface area (Å²) in [6, 6.07) is 0. The van der Waals surface area contributed by atoms with E-state index in [0.717, 1.165) is 0 Å². The van der Waals surface area contributed by atoms with Crippen LogP contribution in [0.4, 0.5) is 17.6 Å². The summed E-state index contributed by atoms with van der Waals surface area (Å²) in [5.41, 5.74) is -0.794. The van der Waals surface area contributed by atoms with Crippen LogP contribution in [-0.2, 0) is 5.92 Å². The van der Waals surface area contributed by atoms with Gasteiger partial charge in [0.15, 0.2) is 0 Å². The van der Waals surface area contributed by atoms with Crippen molar-refractivity contribution in [1.82, 2.24) is 10.2 Å². The van der Waals surface area contributed by atoms with Gasteiger partial charge in [0.1, 0.15) is 0 Å². The Bertz CT molecular complexity index is 268. The molecule has 6 heteroatoms. The smallest absolute Gasteiger partial charge is 0.282 e. The van der Waals surface area contributed by atoms with E-state index < -0.39 is 17.9 Å². The van der Waals surface area contributed by atoms with Crippen LogP contribution < -0.4 is 0 Å². The number of aromatic nitrogens is 2. The minimum atomic E-state index is -4.11. The van der Waals surface area contributed by atoms with Crippen molar-refractivity contribution in [2.24, 2.45) is 0 Å². The molecule has 1 heterocycles. The number of rotatable bonds is 2. The summed E-state index contributed by atoms with van der Waals surface area (Å²) in [5.74, 6) is -4.11. The van der Waals surface area contributed by atoms with Crippen molar-refractivity contribution in [1.29, 1.82) is 0 Å². The van der Waals surface area contributed by atoms with Crippen LogP contribution in [0.15, 0.2) is 6.20 Å². The Balaban J connectivity index is 3.05. The maximum atomic E-state index is 12.6. The second-order valence-corrected chi connectivity index (χ2v) is 2.33. The minimum Gasteiger partial charge on any atom is -0.282 e. The molecule has 0 aliphatic carbocycles. The molecule has 0 radical (unpaired) electrons. The molecule has 12 heavy (non-hydrogen) atoms. The third-order valence-corrected chi connectivity index (χ3v) is 1.46. The highest BCUT2D eigenvalue weighted by molar-refractivity contribution is 5.21. The standard InChI is InChI=1S/C6H6F4N2/c1-3-4(2-11-12-3)6(9,10)5(7)8/h2,5H,1H3,(H,11,12). The summed E-state index contributed by atoms with van der Waals surface area (Å²) in [6.45, 7) is 1.26. The molecule has 0 saturated carbocycles. The van der Waals surface area contributed by atoms with Crippen LogP contribution in [0.2, 0.25) is 0 Å². The molecule has 1 aromatic rings. The molecule has 0 aliphatic heterocycles. The fraction of sp³-hybridized carbons (Fsp3) is 0.500. The fourth-order valence-electron chi connectivity index (χ4n) is 0.804. The average molecular weight is 182 g/mol. The highest BCUT2D eigenvalue weighted by Gasteiger charge is 2.44. The maximum Gasteiger partial charge on any atom is 0.335 e. The molecule has 0 aliphatic rings. The van der Waals surface area contributed by atoms with E-state index in [9.17, 15) is 17.6 Å². The predicted octanol–water partition coefficient (Wildman–Crippen LogP) is 2.08. The Morgan fingerprint density at radius 1 is 1.50 bits per heavy atom. The van der Waals surface area contributed by atoms with Gasteiger partial charge >= 0.3 is 12.3 Å². The normalized spacial score (nSPS) is 12.5. The largest absolute Gasteiger partial charge is 0.335 e. The van der Waals surface area contributed by atoms with Crippen LogP contribution >= 0.6 is 0 Å². The van der Waals surface area contributed by atoms with Crippen molar-refractivity contribution in [3.05, 3.63) is 17.5 Å². The quantitative estimate of drug-likeness (QED) is 0.697. The number of H-pyrrole nitrogens is 1. The van der Waals surface area contributed by atoms with Crippen LogP contribution in [0.25, 0.3) is 0 Å². The van der Waals surface area contributed by atoms with Gasteiger partial charge in [0.05, 0.1) is 11.8 Å². The van der Waals surface area contributed by atoms with E-state index in [-0.39, 0.29) is 5.69 Å². The highest BCUT2D eigenvalue weighted by Crippen LogP contribution is 2.35. The van der Waals surface area contributed by atoms with Gasteiger partial charge in [0.2, 0.25) is 0 Å². The number of halogens is 4. The van der Waals surface area contributed by atoms with Crippen LogP contribution in [0, 0.1) is 6.92 Å². The number of aryl methyl sites for hydroxylation is 1. The zero-order valence-corrected chi connectivity index (χ0v) is 6.11. The molecule has 68 valence electrons. The fourth-order valence-corrected chi connectivity index (χ4v) is 0.804. The van der Waals surface area contributed by atoms with E-state index in [1.165, 1.54) is 6.92 Å². The number of hydrogen-bond donors (Lipinski definition) is 1. The molecule has 1 N–H and O–H groups in total. The highest BCUT2D eigenvalue weighted by atomic mass is 19.3. The van der Waals surface area contributed by atoms with Crippen molar-refractivity contribution in [3.8, 4) is 0 Å². The van der Waals surface area contributed by atoms with Gasteiger partial charge in [0, 0.05) is 5.69 Å². The van der Waals surface area contributed by atoms with Gasteiger partial charge in [0.25, 0.3) is 0 Å². The summed E-state index contributed by atoms with van der Waals surface area (Å²) in [6.07, 6.45) is -2.99. The average Bonchev–Trinajstić information content (AvgIpc) is 2.35. The van der Waals surface area contributed by atoms with Gasteiger partial charge in [-0.25, -0.2) is 8.78 Å². The molecule has 2 nitrogen and oxygen atoms in total. The number of aromatic amines is 1. The monoisotopic (exact) mass is 182 g/mol. The predicted molar refractivity (Wildman–Crippen MR) is 33.2 cm³/mol. The molecular formula is C6H6F4N2. The van der Waals surface area contributed by atoms with Crippen molar-refractivity contribution < 1.29 is 17.6 Å². The van der Waals surface area contributed by atoms with E-state index in [2.05, 4.69) is 10.2 Å². The molecule has 1 rings (SSSR count). The molecule has 0 spiro atoms. The maximum absolute atomic E-state index is 12.6. The second-order valence-electron chi connectivity index (χ2n) is 2.33. The molecule has 0 atom stereocenters. The lowest BCUT2D eigenvalue weighted by molar-refractivity contribution is -0.135. The lowest BCUT2D eigenvalue weighted by atomic mass is 10.1. The number of nitrogens with zero attached hydrogens (tertiary/aromatic N) is 1. The third kappa shape index (κ3) is 1.28. The number of hydrogen-bond acceptors (Lipinski definition) is 1. The molecule has 0 aromatic carbocycles. The summed E-state index contributed by atoms with van der Waals surface area (Å²) >= 11 is 0. The van der Waals surface area contributed by atoms with Crippen LogP contribution in [-0.4, -0.2) is 16.6 Å². The first-order valence-electron chi connectivity index (χ1n) is 3.12. The number of nitrogens with one attached hydrogen (secondary N) is 1. The van der Waals surface area contributed by atoms with Gasteiger partial charge in [-0.15, -0.1) is 0 Å². The third-order valence-electron chi connectivity index (χ3n) is 1.46. The molecular weight excluding hydrogens is 176 g/mol. The zero-order valence-electron chi connectivity index (χ0n) is 6.11. The van der Waals surface area contributed by atoms with Crippen molar-refractivity contribution in [3.63, 3.8) is 0 Å². The Kier molecular flexibility index (Phi) is 2.08. The van der Waals surface area contributed by atoms with Gasteiger partial charge in [-0.05, 0) is 6.92 Å². The van der Waals surface area contributed by atoms with Gasteiger partial charge < -0.3 is 0 Å². The lowest BCUT2D eigenvalue weighted by Crippen LogP contribution is -2.23. The van der Waals surface area contributed by atoms with Gasteiger partial charge in [-0.3, -0.25) is 5.10 Å². The van der Waals surface area contributed by atoms with E-state index in [1.54, 1.807) is 0 Å². The summed E-state index contributed by atoms with van der Waals surface area (Å²) in [7, 11) is 0. The summed E-state index contributed by atoms with van der Waals surface area (Å²) in [4.78, 5) is 0. The van der Waals surface area contributed by atoms with E-state index in [4.69, 9.17) is 0 Å². The summed E-state index contributed by atoms with van der Waals surface area (Å²) < 4.78 is 48.7. The molecule has 0 saturated heterocycles. The summed E-state index contributed by atoms with van der Waals surface area (Å²) in [5, 5.41) is 5.40. The molecule has 0 unspecified atom stereocenters. The zero-order chi connectivity index (χ0) is 9.35. The van der Waals surface area contributed by atoms with E-state index in [1.807, 2.05) is 0 Å². The first-order chi connectivity index (χ1) is 5.46. The van der Waals surface area contributed by atoms with Gasteiger partial charge in [-0.2, -0.15) is 13.9 Å². The SMILES string of the molecule is Cc1[nH]ncc1C(F)(F)C(F)F. The minimum absolute atomic E-state index is 0.0414. The van der Waals surface area contributed by atoms with Crippen molar-refractivity contribution in [2.75, 3.05) is 0 Å². The lowest BCUT2D eigenvalue weighted by Gasteiger charge is -2.13. The number of alkyl halides is 4. The Morgan fingerprint density at radius 2 is 2.08 bits per heavy atom. The Hall–Kier alpha value is -1.07. The van der Waals surface area contributed by atoms with Crippen molar-refractivity contribution in [2.45, 2.75) is 19.3 Å². The van der Waals surface area contributed by atoms with Crippen LogP contribution in [0.5, 0.6) is 0 Å². The molecule has 0 fully saturated rings. The van der Waals surface area contributed by atoms with E-state index in [0.29, 0.717) is 6.20 Å². The van der Waals surface area contributed by atoms with Crippen molar-refractivity contribution >= 4 is 0 Å². The Labute approximate surface area is 65.6 Å². The van der Waals surface area contributed by atoms with Crippen LogP contribution in [0.1, 0.15) is 11.3 Å². The Morgan fingerprint density at radius 3 is 2.42 bits per heavy atom. The molecule has 0 amide bonds. The van der Waals surface area contributed by atoms with Gasteiger partial charge in [-0.1, -0.05) is 0 Å². The molecule has 1 aromatic heterocycles. The first kappa shape index (κ1) is 9.02. The van der Waals surface area contributed by atoms with E-state index >= 15 is 0 Å². The molecule has 0 bridgehead atoms. The van der Waals surface area contributed by atoms with Crippen LogP contribution in [0.3, 0.4) is 0 Å². The topological polar surface area (TPSA) is 28.7 Å². The second kappa shape index (κ2) is 2.76. The first-order valence-corrected chi connectivity index (χ1v) is 3.12.